The number of ether oxygens (including phenoxy) is 1. The number of thioether (sulfide) groups is 1. The quantitative estimate of drug-likeness (QED) is 0.743. The molecule has 0 radical (unpaired) electrons. The third-order valence-electron chi connectivity index (χ3n) is 3.11. The Balaban J connectivity index is 2.16. The van der Waals surface area contributed by atoms with E-state index < -0.39 is 0 Å². The van der Waals surface area contributed by atoms with Gasteiger partial charge in [0.15, 0.2) is 0 Å². The van der Waals surface area contributed by atoms with Crippen LogP contribution in [0, 0.1) is 0 Å². The van der Waals surface area contributed by atoms with E-state index in [1.165, 1.54) is 7.11 Å². The molecule has 2 aliphatic heterocycles. The molecule has 2 aliphatic rings. The normalized spacial score (nSPS) is 21.1. The van der Waals surface area contributed by atoms with Crippen LogP contribution >= 0.6 is 23.4 Å². The van der Waals surface area contributed by atoms with Crippen molar-refractivity contribution in [1.29, 1.82) is 0 Å². The Morgan fingerprint density at radius 3 is 3.22 bits per heavy atom. The van der Waals surface area contributed by atoms with Gasteiger partial charge in [-0.2, -0.15) is 0 Å². The third kappa shape index (κ3) is 1.69. The molecule has 1 unspecified atom stereocenters. The monoisotopic (exact) mass is 282 g/mol. The number of fused-ring (bicyclic) bond motifs is 3. The number of rotatable bonds is 1. The first-order valence-corrected chi connectivity index (χ1v) is 7.05. The van der Waals surface area contributed by atoms with Crippen LogP contribution in [0.25, 0.3) is 0 Å². The van der Waals surface area contributed by atoms with Crippen LogP contribution in [0.15, 0.2) is 23.2 Å². The van der Waals surface area contributed by atoms with Crippen molar-refractivity contribution >= 4 is 45.9 Å². The highest BCUT2D eigenvalue weighted by Gasteiger charge is 2.35. The molecule has 0 aromatic heterocycles. The van der Waals surface area contributed by atoms with E-state index in [1.54, 1.807) is 6.07 Å². The van der Waals surface area contributed by atoms with E-state index in [4.69, 9.17) is 16.3 Å². The number of esters is 1. The number of para-hydroxylation sites is 1. The van der Waals surface area contributed by atoms with Gasteiger partial charge in [-0.1, -0.05) is 17.7 Å². The van der Waals surface area contributed by atoms with E-state index in [1.807, 2.05) is 23.9 Å². The summed E-state index contributed by atoms with van der Waals surface area (Å²) in [6, 6.07) is 5.66. The van der Waals surface area contributed by atoms with Gasteiger partial charge in [0.05, 0.1) is 30.3 Å². The van der Waals surface area contributed by atoms with Crippen molar-refractivity contribution in [2.24, 2.45) is 4.99 Å². The Hall–Kier alpha value is -1.20. The Labute approximate surface area is 114 Å². The van der Waals surface area contributed by atoms with Crippen molar-refractivity contribution in [1.82, 2.24) is 0 Å². The lowest BCUT2D eigenvalue weighted by Gasteiger charge is -2.30. The van der Waals surface area contributed by atoms with Crippen LogP contribution in [0.2, 0.25) is 0 Å². The smallest absolute Gasteiger partial charge is 0.340 e. The molecule has 0 N–H and O–H groups in total. The van der Waals surface area contributed by atoms with Gasteiger partial charge in [-0.15, -0.1) is 11.8 Å². The number of halogens is 1. The molecule has 1 saturated heterocycles. The summed E-state index contributed by atoms with van der Waals surface area (Å²) in [4.78, 5) is 18.3. The first kappa shape index (κ1) is 11.9. The summed E-state index contributed by atoms with van der Waals surface area (Å²) in [5.41, 5.74) is 2.04. The van der Waals surface area contributed by atoms with Gasteiger partial charge in [-0.25, -0.2) is 9.79 Å². The molecule has 0 bridgehead atoms. The fourth-order valence-electron chi connectivity index (χ4n) is 2.21. The first-order valence-electron chi connectivity index (χ1n) is 5.52. The number of nitrogens with zero attached hydrogens (tertiary/aromatic N) is 2. The summed E-state index contributed by atoms with van der Waals surface area (Å²) >= 11 is 8.02. The van der Waals surface area contributed by atoms with Crippen LogP contribution in [0.5, 0.6) is 0 Å². The Kier molecular flexibility index (Phi) is 2.95. The number of hydrogen-bond donors (Lipinski definition) is 0. The zero-order chi connectivity index (χ0) is 12.7. The summed E-state index contributed by atoms with van der Waals surface area (Å²) < 4.78 is 4.77. The molecular weight excluding hydrogens is 272 g/mol. The summed E-state index contributed by atoms with van der Waals surface area (Å²) in [7, 11) is 1.37. The van der Waals surface area contributed by atoms with E-state index in [9.17, 15) is 4.79 Å². The van der Waals surface area contributed by atoms with E-state index >= 15 is 0 Å². The average Bonchev–Trinajstić information content (AvgIpc) is 2.87. The topological polar surface area (TPSA) is 41.9 Å². The molecule has 94 valence electrons. The highest BCUT2D eigenvalue weighted by atomic mass is 35.5. The molecule has 18 heavy (non-hydrogen) atoms. The van der Waals surface area contributed by atoms with Crippen molar-refractivity contribution < 1.29 is 9.53 Å². The highest BCUT2D eigenvalue weighted by molar-refractivity contribution is 7.99. The van der Waals surface area contributed by atoms with Crippen LogP contribution in [0.4, 0.5) is 11.4 Å². The van der Waals surface area contributed by atoms with Gasteiger partial charge < -0.3 is 9.64 Å². The Bertz CT molecular complexity index is 547. The van der Waals surface area contributed by atoms with Crippen molar-refractivity contribution in [3.8, 4) is 0 Å². The van der Waals surface area contributed by atoms with E-state index in [0.29, 0.717) is 16.4 Å². The zero-order valence-electron chi connectivity index (χ0n) is 9.72. The minimum Gasteiger partial charge on any atom is -0.465 e. The number of carbonyl (C=O) groups excluding carboxylic acids is 1. The lowest BCUT2D eigenvalue weighted by molar-refractivity contribution is 0.0601. The maximum Gasteiger partial charge on any atom is 0.340 e. The summed E-state index contributed by atoms with van der Waals surface area (Å²) in [5, 5.41) is 0.545. The molecule has 1 aromatic carbocycles. The standard InChI is InChI=1S/C12H11ClN2O2S/c1-17-12(16)7-3-2-4-8-10(7)14-11(13)9-5-18-6-15(8)9/h2-4,9H,5-6H2,1H3. The molecule has 1 aromatic rings. The van der Waals surface area contributed by atoms with Crippen molar-refractivity contribution in [3.05, 3.63) is 23.8 Å². The molecular formula is C12H11ClN2O2S. The van der Waals surface area contributed by atoms with Crippen LogP contribution in [-0.4, -0.2) is 35.9 Å². The number of benzene rings is 1. The molecule has 1 fully saturated rings. The molecule has 0 spiro atoms. The van der Waals surface area contributed by atoms with Crippen LogP contribution in [0.1, 0.15) is 10.4 Å². The van der Waals surface area contributed by atoms with Crippen molar-refractivity contribution in [3.63, 3.8) is 0 Å². The third-order valence-corrected chi connectivity index (χ3v) is 4.45. The maximum atomic E-state index is 11.7. The fraction of sp³-hybridized carbons (Fsp3) is 0.333. The molecule has 1 atom stereocenters. The van der Waals surface area contributed by atoms with Gasteiger partial charge >= 0.3 is 5.97 Å². The fourth-order valence-corrected chi connectivity index (χ4v) is 3.77. The SMILES string of the molecule is COC(=O)c1cccc2c1N=C(Cl)C1CSCN21. The predicted molar refractivity (Wildman–Crippen MR) is 74.3 cm³/mol. The summed E-state index contributed by atoms with van der Waals surface area (Å²) in [6.45, 7) is 0. The number of carbonyl (C=O) groups is 1. The average molecular weight is 283 g/mol. The second-order valence-electron chi connectivity index (χ2n) is 4.08. The van der Waals surface area contributed by atoms with Gasteiger partial charge in [-0.05, 0) is 12.1 Å². The summed E-state index contributed by atoms with van der Waals surface area (Å²) in [5.74, 6) is 1.42. The molecule has 0 aliphatic carbocycles. The Morgan fingerprint density at radius 2 is 2.44 bits per heavy atom. The highest BCUT2D eigenvalue weighted by Crippen LogP contribution is 2.42. The van der Waals surface area contributed by atoms with Crippen molar-refractivity contribution in [2.45, 2.75) is 6.04 Å². The van der Waals surface area contributed by atoms with Crippen LogP contribution in [-0.2, 0) is 4.74 Å². The van der Waals surface area contributed by atoms with E-state index in [-0.39, 0.29) is 12.0 Å². The predicted octanol–water partition coefficient (Wildman–Crippen LogP) is 2.63. The molecule has 6 heteroatoms. The van der Waals surface area contributed by atoms with Crippen LogP contribution < -0.4 is 4.90 Å². The van der Waals surface area contributed by atoms with E-state index in [0.717, 1.165) is 17.3 Å². The van der Waals surface area contributed by atoms with Gasteiger partial charge in [0.2, 0.25) is 0 Å². The molecule has 2 heterocycles. The molecule has 3 rings (SSSR count). The molecule has 0 saturated carbocycles. The largest absolute Gasteiger partial charge is 0.465 e. The van der Waals surface area contributed by atoms with E-state index in [2.05, 4.69) is 9.89 Å². The summed E-state index contributed by atoms with van der Waals surface area (Å²) in [6.07, 6.45) is 0. The minimum atomic E-state index is -0.384. The number of aliphatic imine (C=N–C) groups is 1. The minimum absolute atomic E-state index is 0.136. The molecule has 0 amide bonds. The van der Waals surface area contributed by atoms with Gasteiger partial charge in [-0.3, -0.25) is 0 Å². The second kappa shape index (κ2) is 4.48. The number of hydrogen-bond acceptors (Lipinski definition) is 5. The second-order valence-corrected chi connectivity index (χ2v) is 5.47. The zero-order valence-corrected chi connectivity index (χ0v) is 11.3. The number of anilines is 1. The molecule has 4 nitrogen and oxygen atoms in total. The van der Waals surface area contributed by atoms with Crippen molar-refractivity contribution in [2.75, 3.05) is 23.6 Å². The van der Waals surface area contributed by atoms with Gasteiger partial charge in [0, 0.05) is 5.75 Å². The maximum absolute atomic E-state index is 11.7. The lowest BCUT2D eigenvalue weighted by atomic mass is 10.1. The van der Waals surface area contributed by atoms with Gasteiger partial charge in [0.1, 0.15) is 10.9 Å². The first-order chi connectivity index (χ1) is 8.72. The van der Waals surface area contributed by atoms with Crippen LogP contribution in [0.3, 0.4) is 0 Å². The Morgan fingerprint density at radius 1 is 1.61 bits per heavy atom. The lowest BCUT2D eigenvalue weighted by Crippen LogP contribution is -2.37. The van der Waals surface area contributed by atoms with Gasteiger partial charge in [0.25, 0.3) is 0 Å². The number of methoxy groups -OCH3 is 1.